The van der Waals surface area contributed by atoms with Crippen LogP contribution in [0.3, 0.4) is 0 Å². The molecule has 1 aliphatic rings. The van der Waals surface area contributed by atoms with Crippen molar-refractivity contribution < 1.29 is 4.79 Å². The van der Waals surface area contributed by atoms with Gasteiger partial charge in [-0.05, 0) is 25.8 Å². The Bertz CT molecular complexity index is 597. The van der Waals surface area contributed by atoms with Crippen molar-refractivity contribution >= 4 is 22.4 Å². The molecule has 0 saturated heterocycles. The lowest BCUT2D eigenvalue weighted by molar-refractivity contribution is -0.121. The topological polar surface area (TPSA) is 92.7 Å². The molecule has 0 aliphatic heterocycles. The summed E-state index contributed by atoms with van der Waals surface area (Å²) < 4.78 is 0. The Hall–Kier alpha value is -2.09. The van der Waals surface area contributed by atoms with Gasteiger partial charge in [-0.25, -0.2) is 9.97 Å². The van der Waals surface area contributed by atoms with E-state index in [9.17, 15) is 4.79 Å². The Balaban J connectivity index is 1.55. The minimum Gasteiger partial charge on any atom is -0.272 e. The maximum absolute atomic E-state index is 12.0. The summed E-state index contributed by atoms with van der Waals surface area (Å²) in [6.45, 7) is 1.75. The zero-order valence-electron chi connectivity index (χ0n) is 10.9. The largest absolute Gasteiger partial charge is 0.272 e. The summed E-state index contributed by atoms with van der Waals surface area (Å²) in [6, 6.07) is 1.72. The molecule has 0 radical (unpaired) electrons. The van der Waals surface area contributed by atoms with Crippen molar-refractivity contribution in [1.82, 2.24) is 25.6 Å². The normalized spacial score (nSPS) is 15.7. The molecular formula is C12H14N6OS. The molecular weight excluding hydrogens is 276 g/mol. The highest BCUT2D eigenvalue weighted by molar-refractivity contribution is 7.15. The molecule has 1 aliphatic carbocycles. The first-order chi connectivity index (χ1) is 9.74. The highest BCUT2D eigenvalue weighted by atomic mass is 32.1. The van der Waals surface area contributed by atoms with E-state index in [1.807, 2.05) is 0 Å². The zero-order valence-corrected chi connectivity index (χ0v) is 11.7. The second-order valence-electron chi connectivity index (χ2n) is 4.66. The van der Waals surface area contributed by atoms with Gasteiger partial charge >= 0.3 is 0 Å². The van der Waals surface area contributed by atoms with Gasteiger partial charge in [-0.3, -0.25) is 15.6 Å². The van der Waals surface area contributed by atoms with Crippen LogP contribution in [0.2, 0.25) is 0 Å². The van der Waals surface area contributed by atoms with Crippen LogP contribution in [0.1, 0.15) is 42.4 Å². The third-order valence-electron chi connectivity index (χ3n) is 3.03. The van der Waals surface area contributed by atoms with Crippen molar-refractivity contribution in [3.05, 3.63) is 29.3 Å². The Morgan fingerprint density at radius 2 is 2.10 bits per heavy atom. The number of rotatable bonds is 5. The van der Waals surface area contributed by atoms with Gasteiger partial charge in [0.25, 0.3) is 0 Å². The summed E-state index contributed by atoms with van der Waals surface area (Å²) in [6.07, 6.45) is 5.60. The van der Waals surface area contributed by atoms with Crippen LogP contribution in [0.15, 0.2) is 18.5 Å². The number of carbonyl (C=O) groups excluding carboxylic acids is 1. The van der Waals surface area contributed by atoms with Gasteiger partial charge < -0.3 is 0 Å². The average molecular weight is 290 g/mol. The molecule has 2 aromatic rings. The van der Waals surface area contributed by atoms with Crippen molar-refractivity contribution in [3.63, 3.8) is 0 Å². The SMILES string of the molecule is CC(C(=O)NNc1nnc(C2CC2)s1)c1ncccn1. The van der Waals surface area contributed by atoms with E-state index in [2.05, 4.69) is 31.0 Å². The fraction of sp³-hybridized carbons (Fsp3) is 0.417. The molecule has 2 heterocycles. The van der Waals surface area contributed by atoms with E-state index < -0.39 is 5.92 Å². The number of carbonyl (C=O) groups is 1. The van der Waals surface area contributed by atoms with Crippen molar-refractivity contribution in [3.8, 4) is 0 Å². The van der Waals surface area contributed by atoms with Crippen molar-refractivity contribution in [2.75, 3.05) is 5.43 Å². The van der Waals surface area contributed by atoms with Crippen LogP contribution >= 0.6 is 11.3 Å². The standard InChI is InChI=1S/C12H14N6OS/c1-7(9-13-5-2-6-14-9)10(19)15-17-12-18-16-11(20-12)8-3-4-8/h2,5-8H,3-4H2,1H3,(H,15,19)(H,17,18). The number of amides is 1. The molecule has 1 fully saturated rings. The Morgan fingerprint density at radius 3 is 2.80 bits per heavy atom. The Morgan fingerprint density at radius 1 is 1.35 bits per heavy atom. The van der Waals surface area contributed by atoms with Gasteiger partial charge in [0.1, 0.15) is 10.8 Å². The fourth-order valence-electron chi connectivity index (χ4n) is 1.66. The van der Waals surface area contributed by atoms with Crippen molar-refractivity contribution in [1.29, 1.82) is 0 Å². The van der Waals surface area contributed by atoms with Gasteiger partial charge in [0.05, 0.1) is 5.92 Å². The summed E-state index contributed by atoms with van der Waals surface area (Å²) >= 11 is 1.47. The van der Waals surface area contributed by atoms with Gasteiger partial charge in [0, 0.05) is 18.3 Å². The van der Waals surface area contributed by atoms with E-state index in [0.29, 0.717) is 16.9 Å². The number of aromatic nitrogens is 4. The summed E-state index contributed by atoms with van der Waals surface area (Å²) in [7, 11) is 0. The van der Waals surface area contributed by atoms with Crippen LogP contribution in [0.25, 0.3) is 0 Å². The van der Waals surface area contributed by atoms with E-state index in [1.165, 1.54) is 24.2 Å². The maximum Gasteiger partial charge on any atom is 0.248 e. The average Bonchev–Trinajstić information content (AvgIpc) is 3.24. The lowest BCUT2D eigenvalue weighted by atomic mass is 10.1. The Labute approximate surface area is 119 Å². The molecule has 20 heavy (non-hydrogen) atoms. The van der Waals surface area contributed by atoms with Gasteiger partial charge in [0.15, 0.2) is 0 Å². The third kappa shape index (κ3) is 2.90. The van der Waals surface area contributed by atoms with Crippen LogP contribution in [-0.4, -0.2) is 26.1 Å². The predicted molar refractivity (Wildman–Crippen MR) is 74.1 cm³/mol. The van der Waals surface area contributed by atoms with Crippen LogP contribution in [-0.2, 0) is 4.79 Å². The second kappa shape index (κ2) is 5.49. The number of hydrogen-bond acceptors (Lipinski definition) is 7. The Kier molecular flexibility index (Phi) is 3.55. The molecule has 8 heteroatoms. The molecule has 0 spiro atoms. The van der Waals surface area contributed by atoms with Gasteiger partial charge in [0.2, 0.25) is 11.0 Å². The van der Waals surface area contributed by atoms with E-state index in [-0.39, 0.29) is 5.91 Å². The molecule has 0 bridgehead atoms. The van der Waals surface area contributed by atoms with E-state index >= 15 is 0 Å². The summed E-state index contributed by atoms with van der Waals surface area (Å²) in [5.41, 5.74) is 5.40. The first kappa shape index (κ1) is 12.9. The molecule has 2 N–H and O–H groups in total. The number of anilines is 1. The lowest BCUT2D eigenvalue weighted by Crippen LogP contribution is -2.33. The first-order valence-corrected chi connectivity index (χ1v) is 7.22. The number of hydrazine groups is 1. The maximum atomic E-state index is 12.0. The molecule has 1 unspecified atom stereocenters. The lowest BCUT2D eigenvalue weighted by Gasteiger charge is -2.10. The van der Waals surface area contributed by atoms with E-state index in [1.54, 1.807) is 25.4 Å². The second-order valence-corrected chi connectivity index (χ2v) is 5.67. The number of hydrogen-bond donors (Lipinski definition) is 2. The van der Waals surface area contributed by atoms with Gasteiger partial charge in [-0.1, -0.05) is 11.3 Å². The molecule has 0 aromatic carbocycles. The van der Waals surface area contributed by atoms with Gasteiger partial charge in [-0.15, -0.1) is 10.2 Å². The van der Waals surface area contributed by atoms with Crippen LogP contribution in [0.5, 0.6) is 0 Å². The predicted octanol–water partition coefficient (Wildman–Crippen LogP) is 1.45. The molecule has 2 aromatic heterocycles. The molecule has 1 atom stereocenters. The van der Waals surface area contributed by atoms with Gasteiger partial charge in [-0.2, -0.15) is 0 Å². The van der Waals surface area contributed by atoms with Crippen LogP contribution in [0.4, 0.5) is 5.13 Å². The minimum absolute atomic E-state index is 0.209. The van der Waals surface area contributed by atoms with Crippen LogP contribution < -0.4 is 10.9 Å². The van der Waals surface area contributed by atoms with E-state index in [0.717, 1.165) is 5.01 Å². The fourth-order valence-corrected chi connectivity index (χ4v) is 2.52. The number of nitrogens with one attached hydrogen (secondary N) is 2. The molecule has 3 rings (SSSR count). The molecule has 1 saturated carbocycles. The summed E-state index contributed by atoms with van der Waals surface area (Å²) in [5, 5.41) is 9.71. The van der Waals surface area contributed by atoms with Crippen molar-refractivity contribution in [2.24, 2.45) is 0 Å². The first-order valence-electron chi connectivity index (χ1n) is 6.40. The molecule has 104 valence electrons. The van der Waals surface area contributed by atoms with Crippen molar-refractivity contribution in [2.45, 2.75) is 31.6 Å². The molecule has 7 nitrogen and oxygen atoms in total. The highest BCUT2D eigenvalue weighted by Crippen LogP contribution is 2.41. The quantitative estimate of drug-likeness (QED) is 0.810. The molecule has 1 amide bonds. The highest BCUT2D eigenvalue weighted by Gasteiger charge is 2.27. The number of nitrogens with zero attached hydrogens (tertiary/aromatic N) is 4. The summed E-state index contributed by atoms with van der Waals surface area (Å²) in [5.74, 6) is 0.414. The zero-order chi connectivity index (χ0) is 13.9. The minimum atomic E-state index is -0.431. The monoisotopic (exact) mass is 290 g/mol. The van der Waals surface area contributed by atoms with Crippen LogP contribution in [0, 0.1) is 0 Å². The smallest absolute Gasteiger partial charge is 0.248 e. The third-order valence-corrected chi connectivity index (χ3v) is 4.03. The van der Waals surface area contributed by atoms with E-state index in [4.69, 9.17) is 0 Å². The summed E-state index contributed by atoms with van der Waals surface area (Å²) in [4.78, 5) is 20.1.